The summed E-state index contributed by atoms with van der Waals surface area (Å²) in [5, 5.41) is 3.07. The third-order valence-electron chi connectivity index (χ3n) is 4.36. The van der Waals surface area contributed by atoms with Crippen molar-refractivity contribution >= 4 is 34.5 Å². The maximum Gasteiger partial charge on any atom is 0.411 e. The molecule has 1 heterocycles. The van der Waals surface area contributed by atoms with Gasteiger partial charge in [-0.2, -0.15) is 0 Å². The van der Waals surface area contributed by atoms with Gasteiger partial charge in [0.25, 0.3) is 0 Å². The second-order valence-electron chi connectivity index (χ2n) is 6.68. The van der Waals surface area contributed by atoms with E-state index in [2.05, 4.69) is 5.32 Å². The molecule has 0 atom stereocenters. The van der Waals surface area contributed by atoms with Crippen molar-refractivity contribution in [3.63, 3.8) is 0 Å². The van der Waals surface area contributed by atoms with Gasteiger partial charge >= 0.3 is 17.7 Å². The predicted molar refractivity (Wildman–Crippen MR) is 115 cm³/mol. The number of ketones is 1. The molecular weight excluding hydrogens is 418 g/mol. The number of fused-ring (bicyclic) bond motifs is 1. The fourth-order valence-electron chi connectivity index (χ4n) is 2.84. The Morgan fingerprint density at radius 2 is 1.75 bits per heavy atom. The van der Waals surface area contributed by atoms with Crippen LogP contribution in [0.2, 0.25) is 0 Å². The van der Waals surface area contributed by atoms with Crippen LogP contribution in [0.1, 0.15) is 29.8 Å². The zero-order chi connectivity index (χ0) is 23.1. The van der Waals surface area contributed by atoms with Crippen molar-refractivity contribution in [3.8, 4) is 5.75 Å². The van der Waals surface area contributed by atoms with Crippen molar-refractivity contribution in [1.29, 1.82) is 0 Å². The largest absolute Gasteiger partial charge is 0.482 e. The molecule has 1 amide bonds. The lowest BCUT2D eigenvalue weighted by molar-refractivity contribution is -0.147. The van der Waals surface area contributed by atoms with Gasteiger partial charge in [-0.1, -0.05) is 0 Å². The summed E-state index contributed by atoms with van der Waals surface area (Å²) in [6, 6.07) is 12.3. The Kier molecular flexibility index (Phi) is 7.22. The summed E-state index contributed by atoms with van der Waals surface area (Å²) in [6.07, 6.45) is -0.629. The highest BCUT2D eigenvalue weighted by atomic mass is 16.6. The molecule has 32 heavy (non-hydrogen) atoms. The van der Waals surface area contributed by atoms with E-state index in [4.69, 9.17) is 18.6 Å². The van der Waals surface area contributed by atoms with Gasteiger partial charge in [0.2, 0.25) is 0 Å². The molecule has 0 spiro atoms. The van der Waals surface area contributed by atoms with Gasteiger partial charge in [0.1, 0.15) is 17.9 Å². The summed E-state index contributed by atoms with van der Waals surface area (Å²) in [4.78, 5) is 46.8. The van der Waals surface area contributed by atoms with Gasteiger partial charge in [-0.3, -0.25) is 10.1 Å². The van der Waals surface area contributed by atoms with Crippen LogP contribution in [0.5, 0.6) is 5.75 Å². The second-order valence-corrected chi connectivity index (χ2v) is 6.68. The first kappa shape index (κ1) is 22.5. The van der Waals surface area contributed by atoms with E-state index in [1.807, 2.05) is 0 Å². The Morgan fingerprint density at radius 1 is 1.00 bits per heavy atom. The summed E-state index contributed by atoms with van der Waals surface area (Å²) in [7, 11) is 0. The Hall–Kier alpha value is -4.14. The molecule has 1 N–H and O–H groups in total. The first-order valence-corrected chi connectivity index (χ1v) is 9.75. The number of anilines is 1. The van der Waals surface area contributed by atoms with Gasteiger partial charge in [0.15, 0.2) is 12.4 Å². The molecule has 0 unspecified atom stereocenters. The maximum atomic E-state index is 12.1. The summed E-state index contributed by atoms with van der Waals surface area (Å²) in [5.41, 5.74) is 0.962. The Labute approximate surface area is 182 Å². The Bertz CT molecular complexity index is 1200. The van der Waals surface area contributed by atoms with Crippen LogP contribution >= 0.6 is 0 Å². The number of benzene rings is 2. The highest BCUT2D eigenvalue weighted by Crippen LogP contribution is 2.22. The number of amides is 1. The van der Waals surface area contributed by atoms with Gasteiger partial charge in [-0.15, -0.1) is 0 Å². The van der Waals surface area contributed by atoms with Gasteiger partial charge in [-0.25, -0.2) is 14.4 Å². The van der Waals surface area contributed by atoms with Gasteiger partial charge in [0, 0.05) is 34.3 Å². The number of rotatable bonds is 8. The van der Waals surface area contributed by atoms with Crippen molar-refractivity contribution in [2.75, 3.05) is 18.5 Å². The number of hydrogen-bond acceptors (Lipinski definition) is 8. The minimum absolute atomic E-state index is 0.0701. The average Bonchev–Trinajstić information content (AvgIpc) is 2.76. The first-order chi connectivity index (χ1) is 15.4. The van der Waals surface area contributed by atoms with Crippen LogP contribution in [-0.2, 0) is 20.9 Å². The number of ether oxygens (including phenoxy) is 3. The van der Waals surface area contributed by atoms with E-state index in [-0.39, 0.29) is 31.2 Å². The van der Waals surface area contributed by atoms with Crippen molar-refractivity contribution in [2.45, 2.75) is 20.5 Å². The number of carbonyl (C=O) groups excluding carboxylic acids is 3. The molecule has 0 aliphatic rings. The zero-order valence-corrected chi connectivity index (χ0v) is 17.5. The van der Waals surface area contributed by atoms with Gasteiger partial charge in [-0.05, 0) is 50.2 Å². The van der Waals surface area contributed by atoms with Crippen LogP contribution in [0, 0.1) is 0 Å². The van der Waals surface area contributed by atoms with E-state index in [0.29, 0.717) is 28.0 Å². The molecule has 0 aliphatic heterocycles. The minimum atomic E-state index is -0.636. The lowest BCUT2D eigenvalue weighted by Gasteiger charge is -2.10. The molecule has 0 bridgehead atoms. The van der Waals surface area contributed by atoms with Crippen molar-refractivity contribution in [1.82, 2.24) is 0 Å². The predicted octanol–water partition coefficient (Wildman–Crippen LogP) is 3.69. The first-order valence-electron chi connectivity index (χ1n) is 9.75. The van der Waals surface area contributed by atoms with Gasteiger partial charge in [0.05, 0.1) is 6.61 Å². The molecular formula is C23H21NO8. The normalized spacial score (nSPS) is 10.4. The summed E-state index contributed by atoms with van der Waals surface area (Å²) in [6.45, 7) is 2.85. The SMILES string of the molecule is CCOC(=O)Nc1ccc2c(COC(=O)COc3ccc(C(C)=O)cc3)cc(=O)oc2c1. The van der Waals surface area contributed by atoms with E-state index in [1.165, 1.54) is 19.1 Å². The molecule has 0 saturated heterocycles. The van der Waals surface area contributed by atoms with Crippen LogP contribution in [0.15, 0.2) is 57.7 Å². The minimum Gasteiger partial charge on any atom is -0.482 e. The van der Waals surface area contributed by atoms with Crippen molar-refractivity contribution < 1.29 is 33.0 Å². The zero-order valence-electron chi connectivity index (χ0n) is 17.5. The molecule has 0 aliphatic carbocycles. The number of Topliss-reactive ketones (excluding diaryl/α,β-unsaturated/α-hetero) is 1. The number of esters is 1. The smallest absolute Gasteiger partial charge is 0.411 e. The number of carbonyl (C=O) groups is 3. The van der Waals surface area contributed by atoms with E-state index >= 15 is 0 Å². The summed E-state index contributed by atoms with van der Waals surface area (Å²) in [5.74, 6) is -0.290. The standard InChI is InChI=1S/C23H21NO8/c1-3-29-23(28)24-17-6-9-19-16(10-21(26)32-20(19)11-17)12-31-22(27)13-30-18-7-4-15(5-8-18)14(2)25/h4-11H,3,12-13H2,1-2H3,(H,24,28). The topological polar surface area (TPSA) is 121 Å². The third-order valence-corrected chi connectivity index (χ3v) is 4.36. The highest BCUT2D eigenvalue weighted by molar-refractivity contribution is 5.94. The molecule has 9 nitrogen and oxygen atoms in total. The van der Waals surface area contributed by atoms with E-state index in [9.17, 15) is 19.2 Å². The molecule has 0 fully saturated rings. The van der Waals surface area contributed by atoms with E-state index in [0.717, 1.165) is 0 Å². The average molecular weight is 439 g/mol. The molecule has 3 rings (SSSR count). The van der Waals surface area contributed by atoms with E-state index in [1.54, 1.807) is 43.3 Å². The number of hydrogen-bond donors (Lipinski definition) is 1. The second kappa shape index (κ2) is 10.3. The molecule has 2 aromatic carbocycles. The fraction of sp³-hybridized carbons (Fsp3) is 0.217. The van der Waals surface area contributed by atoms with Crippen LogP contribution < -0.4 is 15.7 Å². The lowest BCUT2D eigenvalue weighted by atomic mass is 10.1. The summed E-state index contributed by atoms with van der Waals surface area (Å²) >= 11 is 0. The van der Waals surface area contributed by atoms with E-state index < -0.39 is 17.7 Å². The Balaban J connectivity index is 1.63. The van der Waals surface area contributed by atoms with Gasteiger partial charge < -0.3 is 18.6 Å². The molecule has 9 heteroatoms. The summed E-state index contributed by atoms with van der Waals surface area (Å²) < 4.78 is 20.6. The third kappa shape index (κ3) is 5.94. The van der Waals surface area contributed by atoms with Crippen LogP contribution in [-0.4, -0.2) is 31.1 Å². The highest BCUT2D eigenvalue weighted by Gasteiger charge is 2.12. The lowest BCUT2D eigenvalue weighted by Crippen LogP contribution is -2.15. The molecule has 0 saturated carbocycles. The van der Waals surface area contributed by atoms with Crippen LogP contribution in [0.4, 0.5) is 10.5 Å². The Morgan fingerprint density at radius 3 is 2.44 bits per heavy atom. The fourth-order valence-corrected chi connectivity index (χ4v) is 2.84. The quantitative estimate of drug-likeness (QED) is 0.320. The van der Waals surface area contributed by atoms with Crippen molar-refractivity contribution in [3.05, 3.63) is 70.1 Å². The van der Waals surface area contributed by atoms with Crippen molar-refractivity contribution in [2.24, 2.45) is 0 Å². The monoisotopic (exact) mass is 439 g/mol. The molecule has 166 valence electrons. The van der Waals surface area contributed by atoms with Crippen LogP contribution in [0.3, 0.4) is 0 Å². The number of nitrogens with one attached hydrogen (secondary N) is 1. The maximum absolute atomic E-state index is 12.1. The molecule has 0 radical (unpaired) electrons. The molecule has 3 aromatic rings. The van der Waals surface area contributed by atoms with Crippen LogP contribution in [0.25, 0.3) is 11.0 Å². The molecule has 1 aromatic heterocycles.